The van der Waals surface area contributed by atoms with Gasteiger partial charge in [0.2, 0.25) is 0 Å². The Hall–Kier alpha value is -1.72. The molecular formula is C8H6F3N2O. The fraction of sp³-hybridized carbons (Fsp3) is 0.125. The molecule has 0 atom stereocenters. The van der Waals surface area contributed by atoms with E-state index in [4.69, 9.17) is 0 Å². The van der Waals surface area contributed by atoms with Gasteiger partial charge in [-0.15, -0.1) is 18.5 Å². The van der Waals surface area contributed by atoms with Gasteiger partial charge in [-0.25, -0.2) is 4.79 Å². The van der Waals surface area contributed by atoms with Gasteiger partial charge in [-0.3, -0.25) is 0 Å². The average molecular weight is 203 g/mol. The Morgan fingerprint density at radius 1 is 1.21 bits per heavy atom. The molecule has 1 aromatic rings. The summed E-state index contributed by atoms with van der Waals surface area (Å²) in [6, 6.07) is 6.35. The van der Waals surface area contributed by atoms with Crippen LogP contribution in [-0.2, 0) is 0 Å². The summed E-state index contributed by atoms with van der Waals surface area (Å²) in [5.74, 6) is 0. The molecule has 6 heteroatoms. The van der Waals surface area contributed by atoms with Gasteiger partial charge in [0.05, 0.1) is 0 Å². The SMILES string of the molecule is O=C([N]C(F)(F)F)Nc1ccccc1. The van der Waals surface area contributed by atoms with E-state index in [1.807, 2.05) is 10.6 Å². The first kappa shape index (κ1) is 10.4. The second-order valence-electron chi connectivity index (χ2n) is 2.38. The smallest absolute Gasteiger partial charge is 0.306 e. The fourth-order valence-corrected chi connectivity index (χ4v) is 0.788. The number of hydrogen-bond donors (Lipinski definition) is 1. The molecule has 0 heterocycles. The van der Waals surface area contributed by atoms with Crippen LogP contribution in [0.2, 0.25) is 0 Å². The van der Waals surface area contributed by atoms with Crippen molar-refractivity contribution >= 4 is 11.7 Å². The van der Waals surface area contributed by atoms with Gasteiger partial charge in [0.25, 0.3) is 0 Å². The maximum absolute atomic E-state index is 11.6. The Balaban J connectivity index is 2.50. The summed E-state index contributed by atoms with van der Waals surface area (Å²) in [6.07, 6.45) is -4.83. The van der Waals surface area contributed by atoms with Crippen molar-refractivity contribution in [2.75, 3.05) is 5.32 Å². The van der Waals surface area contributed by atoms with Crippen molar-refractivity contribution < 1.29 is 18.0 Å². The van der Waals surface area contributed by atoms with Crippen LogP contribution in [0.15, 0.2) is 30.3 Å². The number of carbonyl (C=O) groups is 1. The highest BCUT2D eigenvalue weighted by Crippen LogP contribution is 2.12. The fourth-order valence-electron chi connectivity index (χ4n) is 0.788. The Bertz CT molecular complexity index is 310. The van der Waals surface area contributed by atoms with Crippen LogP contribution >= 0.6 is 0 Å². The molecule has 1 rings (SSSR count). The molecule has 1 N–H and O–H groups in total. The summed E-state index contributed by atoms with van der Waals surface area (Å²) in [7, 11) is 0. The van der Waals surface area contributed by atoms with Gasteiger partial charge in [-0.05, 0) is 12.1 Å². The van der Waals surface area contributed by atoms with Crippen molar-refractivity contribution in [3.63, 3.8) is 0 Å². The summed E-state index contributed by atoms with van der Waals surface area (Å²) in [5.41, 5.74) is 0.269. The zero-order valence-electron chi connectivity index (χ0n) is 6.88. The lowest BCUT2D eigenvalue weighted by molar-refractivity contribution is -0.147. The highest BCUT2D eigenvalue weighted by Gasteiger charge is 2.33. The van der Waals surface area contributed by atoms with Gasteiger partial charge in [-0.2, -0.15) is 0 Å². The molecule has 1 aromatic carbocycles. The van der Waals surface area contributed by atoms with Crippen LogP contribution < -0.4 is 10.6 Å². The van der Waals surface area contributed by atoms with Crippen LogP contribution in [0.4, 0.5) is 23.7 Å². The molecule has 0 aliphatic carbocycles. The molecular weight excluding hydrogens is 197 g/mol. The van der Waals surface area contributed by atoms with Crippen LogP contribution in [0.25, 0.3) is 0 Å². The Morgan fingerprint density at radius 3 is 2.29 bits per heavy atom. The molecule has 0 aromatic heterocycles. The molecule has 1 radical (unpaired) electrons. The van der Waals surface area contributed by atoms with Gasteiger partial charge < -0.3 is 5.32 Å². The van der Waals surface area contributed by atoms with E-state index in [9.17, 15) is 18.0 Å². The second-order valence-corrected chi connectivity index (χ2v) is 2.38. The summed E-state index contributed by atoms with van der Waals surface area (Å²) >= 11 is 0. The van der Waals surface area contributed by atoms with Crippen molar-refractivity contribution in [2.45, 2.75) is 6.30 Å². The maximum atomic E-state index is 11.6. The Labute approximate surface area is 77.9 Å². The molecule has 0 aliphatic heterocycles. The summed E-state index contributed by atoms with van der Waals surface area (Å²) in [6.45, 7) is 0. The lowest BCUT2D eigenvalue weighted by Gasteiger charge is -2.06. The predicted molar refractivity (Wildman–Crippen MR) is 43.6 cm³/mol. The van der Waals surface area contributed by atoms with Gasteiger partial charge in [0, 0.05) is 5.69 Å². The van der Waals surface area contributed by atoms with Gasteiger partial charge in [0.15, 0.2) is 0 Å². The minimum Gasteiger partial charge on any atom is -0.306 e. The van der Waals surface area contributed by atoms with Crippen molar-refractivity contribution in [1.82, 2.24) is 5.32 Å². The van der Waals surface area contributed by atoms with E-state index in [0.717, 1.165) is 0 Å². The molecule has 0 saturated heterocycles. The van der Waals surface area contributed by atoms with Crippen molar-refractivity contribution in [1.29, 1.82) is 0 Å². The Morgan fingerprint density at radius 2 is 1.79 bits per heavy atom. The zero-order valence-corrected chi connectivity index (χ0v) is 6.88. The number of nitrogens with zero attached hydrogens (tertiary/aromatic N) is 1. The average Bonchev–Trinajstić information content (AvgIpc) is 2.02. The lowest BCUT2D eigenvalue weighted by atomic mass is 10.3. The highest BCUT2D eigenvalue weighted by molar-refractivity contribution is 5.89. The topological polar surface area (TPSA) is 43.2 Å². The summed E-state index contributed by atoms with van der Waals surface area (Å²) in [5, 5.41) is 3.93. The van der Waals surface area contributed by atoms with Crippen LogP contribution in [0.1, 0.15) is 0 Å². The molecule has 14 heavy (non-hydrogen) atoms. The number of nitrogens with one attached hydrogen (secondary N) is 1. The minimum absolute atomic E-state index is 0.269. The molecule has 0 bridgehead atoms. The number of carbonyl (C=O) groups excluding carboxylic acids is 1. The van der Waals surface area contributed by atoms with E-state index < -0.39 is 12.3 Å². The molecule has 2 amide bonds. The first-order valence-electron chi connectivity index (χ1n) is 3.63. The summed E-state index contributed by atoms with van der Waals surface area (Å²) in [4.78, 5) is 10.6. The van der Waals surface area contributed by atoms with Gasteiger partial charge >= 0.3 is 12.3 Å². The van der Waals surface area contributed by atoms with E-state index in [2.05, 4.69) is 0 Å². The quantitative estimate of drug-likeness (QED) is 0.699. The van der Waals surface area contributed by atoms with Gasteiger partial charge in [0.1, 0.15) is 0 Å². The highest BCUT2D eigenvalue weighted by atomic mass is 19.4. The molecule has 0 unspecified atom stereocenters. The van der Waals surface area contributed by atoms with E-state index in [1.54, 1.807) is 18.2 Å². The Kier molecular flexibility index (Phi) is 2.95. The zero-order chi connectivity index (χ0) is 10.6. The maximum Gasteiger partial charge on any atom is 0.507 e. The largest absolute Gasteiger partial charge is 0.507 e. The molecule has 0 aliphatic rings. The van der Waals surface area contributed by atoms with Gasteiger partial charge in [-0.1, -0.05) is 18.2 Å². The third kappa shape index (κ3) is 3.79. The number of urea groups is 1. The predicted octanol–water partition coefficient (Wildman–Crippen LogP) is 2.34. The number of alkyl halides is 3. The molecule has 0 fully saturated rings. The lowest BCUT2D eigenvalue weighted by Crippen LogP contribution is -2.33. The van der Waals surface area contributed by atoms with Crippen LogP contribution in [0, 0.1) is 0 Å². The number of amides is 2. The molecule has 3 nitrogen and oxygen atoms in total. The third-order valence-corrected chi connectivity index (χ3v) is 1.25. The molecule has 0 saturated carbocycles. The standard InChI is InChI=1S/C8H6F3N2O/c9-8(10,11)13-7(14)12-6-4-2-1-3-5-6/h1-5H,(H,12,14). The van der Waals surface area contributed by atoms with E-state index in [-0.39, 0.29) is 5.69 Å². The monoisotopic (exact) mass is 203 g/mol. The van der Waals surface area contributed by atoms with Crippen LogP contribution in [0.3, 0.4) is 0 Å². The van der Waals surface area contributed by atoms with E-state index >= 15 is 0 Å². The summed E-state index contributed by atoms with van der Waals surface area (Å²) < 4.78 is 34.7. The van der Waals surface area contributed by atoms with Crippen molar-refractivity contribution in [2.24, 2.45) is 0 Å². The molecule has 75 valence electrons. The number of halogens is 3. The number of para-hydroxylation sites is 1. The number of hydrogen-bond acceptors (Lipinski definition) is 1. The van der Waals surface area contributed by atoms with E-state index in [0.29, 0.717) is 0 Å². The van der Waals surface area contributed by atoms with E-state index in [1.165, 1.54) is 12.1 Å². The number of rotatable bonds is 1. The van der Waals surface area contributed by atoms with Crippen LogP contribution in [-0.4, -0.2) is 12.3 Å². The first-order chi connectivity index (χ1) is 6.47. The normalized spacial score (nSPS) is 10.8. The first-order valence-corrected chi connectivity index (χ1v) is 3.63. The second kappa shape index (κ2) is 3.99. The molecule has 0 spiro atoms. The minimum atomic E-state index is -4.83. The number of anilines is 1. The third-order valence-electron chi connectivity index (χ3n) is 1.25. The van der Waals surface area contributed by atoms with Crippen molar-refractivity contribution in [3.8, 4) is 0 Å². The number of benzene rings is 1. The van der Waals surface area contributed by atoms with Crippen LogP contribution in [0.5, 0.6) is 0 Å². The van der Waals surface area contributed by atoms with Crippen molar-refractivity contribution in [3.05, 3.63) is 30.3 Å².